The van der Waals surface area contributed by atoms with Crippen molar-refractivity contribution < 1.29 is 23.5 Å². The summed E-state index contributed by atoms with van der Waals surface area (Å²) in [6, 6.07) is 5.82. The first kappa shape index (κ1) is 21.0. The highest BCUT2D eigenvalue weighted by Crippen LogP contribution is 2.35. The SMILES string of the molecule is COC(=O)c1c(NC(=O)C2CCCCC2)sc(C(=O)Nc2ccccc2F)c1C. The molecule has 8 heteroatoms. The number of para-hydroxylation sites is 1. The van der Waals surface area contributed by atoms with E-state index < -0.39 is 17.7 Å². The maximum atomic E-state index is 13.9. The molecule has 1 fully saturated rings. The normalized spacial score (nSPS) is 14.3. The number of anilines is 2. The fourth-order valence-corrected chi connectivity index (χ4v) is 4.58. The van der Waals surface area contributed by atoms with Crippen LogP contribution in [0.25, 0.3) is 0 Å². The molecule has 1 heterocycles. The van der Waals surface area contributed by atoms with Gasteiger partial charge in [-0.2, -0.15) is 0 Å². The Balaban J connectivity index is 1.88. The third-order valence-corrected chi connectivity index (χ3v) is 6.28. The van der Waals surface area contributed by atoms with Crippen LogP contribution >= 0.6 is 11.3 Å². The smallest absolute Gasteiger partial charge is 0.341 e. The van der Waals surface area contributed by atoms with Gasteiger partial charge in [0, 0.05) is 5.92 Å². The predicted molar refractivity (Wildman–Crippen MR) is 110 cm³/mol. The summed E-state index contributed by atoms with van der Waals surface area (Å²) in [6.07, 6.45) is 4.74. The lowest BCUT2D eigenvalue weighted by Gasteiger charge is -2.20. The second-order valence-corrected chi connectivity index (χ2v) is 8.03. The van der Waals surface area contributed by atoms with Gasteiger partial charge >= 0.3 is 5.97 Å². The Morgan fingerprint density at radius 1 is 1.10 bits per heavy atom. The highest BCUT2D eigenvalue weighted by Gasteiger charge is 2.29. The lowest BCUT2D eigenvalue weighted by Crippen LogP contribution is -2.25. The van der Waals surface area contributed by atoms with E-state index in [0.717, 1.165) is 43.4 Å². The van der Waals surface area contributed by atoms with E-state index in [0.29, 0.717) is 5.56 Å². The molecule has 2 N–H and O–H groups in total. The van der Waals surface area contributed by atoms with Crippen LogP contribution in [-0.4, -0.2) is 24.9 Å². The number of esters is 1. The predicted octanol–water partition coefficient (Wildman–Crippen LogP) is 4.75. The fraction of sp³-hybridized carbons (Fsp3) is 0.381. The topological polar surface area (TPSA) is 84.5 Å². The molecule has 0 spiro atoms. The Kier molecular flexibility index (Phi) is 6.64. The fourth-order valence-electron chi connectivity index (χ4n) is 3.49. The summed E-state index contributed by atoms with van der Waals surface area (Å²) in [6.45, 7) is 1.61. The quantitative estimate of drug-likeness (QED) is 0.686. The molecule has 0 bridgehead atoms. The van der Waals surface area contributed by atoms with Crippen molar-refractivity contribution in [2.75, 3.05) is 17.7 Å². The lowest BCUT2D eigenvalue weighted by atomic mass is 9.89. The van der Waals surface area contributed by atoms with Gasteiger partial charge in [-0.1, -0.05) is 31.4 Å². The maximum Gasteiger partial charge on any atom is 0.341 e. The molecule has 2 aromatic rings. The summed E-state index contributed by atoms with van der Waals surface area (Å²) in [4.78, 5) is 37.9. The number of carbonyl (C=O) groups excluding carboxylic acids is 3. The first-order valence-electron chi connectivity index (χ1n) is 9.50. The zero-order chi connectivity index (χ0) is 21.0. The molecule has 1 aromatic heterocycles. The zero-order valence-electron chi connectivity index (χ0n) is 16.3. The number of nitrogens with one attached hydrogen (secondary N) is 2. The van der Waals surface area contributed by atoms with Gasteiger partial charge in [-0.3, -0.25) is 9.59 Å². The number of carbonyl (C=O) groups is 3. The van der Waals surface area contributed by atoms with Crippen LogP contribution < -0.4 is 10.6 Å². The maximum absolute atomic E-state index is 13.9. The third-order valence-electron chi connectivity index (χ3n) is 5.08. The first-order valence-corrected chi connectivity index (χ1v) is 10.3. The van der Waals surface area contributed by atoms with Crippen LogP contribution in [0.2, 0.25) is 0 Å². The average molecular weight is 418 g/mol. The molecule has 1 aliphatic carbocycles. The van der Waals surface area contributed by atoms with Crippen LogP contribution in [0.4, 0.5) is 15.1 Å². The summed E-state index contributed by atoms with van der Waals surface area (Å²) in [5.74, 6) is -2.01. The molecule has 3 rings (SSSR count). The summed E-state index contributed by atoms with van der Waals surface area (Å²) < 4.78 is 18.7. The largest absolute Gasteiger partial charge is 0.465 e. The summed E-state index contributed by atoms with van der Waals surface area (Å²) >= 11 is 0.988. The van der Waals surface area contributed by atoms with E-state index >= 15 is 0 Å². The zero-order valence-corrected chi connectivity index (χ0v) is 17.2. The van der Waals surface area contributed by atoms with Gasteiger partial charge in [0.2, 0.25) is 5.91 Å². The minimum atomic E-state index is -0.636. The minimum Gasteiger partial charge on any atom is -0.465 e. The van der Waals surface area contributed by atoms with Crippen molar-refractivity contribution in [3.8, 4) is 0 Å². The van der Waals surface area contributed by atoms with Crippen molar-refractivity contribution in [2.45, 2.75) is 39.0 Å². The Labute approximate surface area is 172 Å². The van der Waals surface area contributed by atoms with Gasteiger partial charge in [-0.25, -0.2) is 9.18 Å². The summed E-state index contributed by atoms with van der Waals surface area (Å²) in [5.41, 5.74) is 0.577. The van der Waals surface area contributed by atoms with Gasteiger partial charge in [0.25, 0.3) is 5.91 Å². The number of ether oxygens (including phenoxy) is 1. The number of hydrogen-bond acceptors (Lipinski definition) is 5. The van der Waals surface area contributed by atoms with Gasteiger partial charge < -0.3 is 15.4 Å². The number of halogens is 1. The molecule has 0 atom stereocenters. The van der Waals surface area contributed by atoms with E-state index in [1.54, 1.807) is 13.0 Å². The van der Waals surface area contributed by atoms with Crippen molar-refractivity contribution in [1.29, 1.82) is 0 Å². The van der Waals surface area contributed by atoms with E-state index in [4.69, 9.17) is 4.74 Å². The van der Waals surface area contributed by atoms with Gasteiger partial charge in [0.15, 0.2) is 0 Å². The highest BCUT2D eigenvalue weighted by molar-refractivity contribution is 7.18. The minimum absolute atomic E-state index is 0.0395. The van der Waals surface area contributed by atoms with Crippen molar-refractivity contribution in [3.63, 3.8) is 0 Å². The molecule has 2 amide bonds. The molecular formula is C21H23FN2O4S. The summed E-state index contributed by atoms with van der Waals surface area (Å²) in [5, 5.41) is 5.61. The first-order chi connectivity index (χ1) is 13.9. The van der Waals surface area contributed by atoms with Gasteiger partial charge in [-0.15, -0.1) is 11.3 Å². The third kappa shape index (κ3) is 4.64. The number of thiophene rings is 1. The van der Waals surface area contributed by atoms with E-state index in [1.165, 1.54) is 25.3 Å². The summed E-state index contributed by atoms with van der Waals surface area (Å²) in [7, 11) is 1.24. The molecule has 0 aliphatic heterocycles. The standard InChI is InChI=1S/C21H23FN2O4S/c1-12-16(21(27)28-2)20(24-18(25)13-8-4-3-5-9-13)29-17(12)19(26)23-15-11-7-6-10-14(15)22/h6-7,10-11,13H,3-5,8-9H2,1-2H3,(H,23,26)(H,24,25). The second-order valence-electron chi connectivity index (χ2n) is 7.01. The second kappa shape index (κ2) is 9.17. The molecule has 1 aliphatic rings. The number of hydrogen-bond donors (Lipinski definition) is 2. The van der Waals surface area contributed by atoms with Gasteiger partial charge in [0.1, 0.15) is 10.8 Å². The molecule has 154 valence electrons. The Hall–Kier alpha value is -2.74. The number of methoxy groups -OCH3 is 1. The molecule has 0 saturated heterocycles. The average Bonchev–Trinajstić information content (AvgIpc) is 3.05. The molecule has 0 unspecified atom stereocenters. The number of rotatable bonds is 5. The molecular weight excluding hydrogens is 395 g/mol. The number of benzene rings is 1. The highest BCUT2D eigenvalue weighted by atomic mass is 32.1. The van der Waals surface area contributed by atoms with Crippen molar-refractivity contribution in [2.24, 2.45) is 5.92 Å². The van der Waals surface area contributed by atoms with Crippen LogP contribution in [0.1, 0.15) is 57.7 Å². The molecule has 0 radical (unpaired) electrons. The van der Waals surface area contributed by atoms with E-state index in [1.807, 2.05) is 0 Å². The van der Waals surface area contributed by atoms with Crippen LogP contribution in [0.5, 0.6) is 0 Å². The van der Waals surface area contributed by atoms with E-state index in [9.17, 15) is 18.8 Å². The molecule has 1 saturated carbocycles. The van der Waals surface area contributed by atoms with E-state index in [-0.39, 0.29) is 33.0 Å². The molecule has 6 nitrogen and oxygen atoms in total. The van der Waals surface area contributed by atoms with E-state index in [2.05, 4.69) is 10.6 Å². The van der Waals surface area contributed by atoms with Crippen LogP contribution in [0, 0.1) is 18.7 Å². The lowest BCUT2D eigenvalue weighted by molar-refractivity contribution is -0.120. The van der Waals surface area contributed by atoms with Gasteiger partial charge in [-0.05, 0) is 37.5 Å². The van der Waals surface area contributed by atoms with Gasteiger partial charge in [0.05, 0.1) is 23.2 Å². The Morgan fingerprint density at radius 2 is 1.79 bits per heavy atom. The molecule has 1 aromatic carbocycles. The van der Waals surface area contributed by atoms with Crippen molar-refractivity contribution in [1.82, 2.24) is 0 Å². The number of amides is 2. The van der Waals surface area contributed by atoms with Crippen molar-refractivity contribution >= 4 is 39.8 Å². The Bertz CT molecular complexity index is 935. The molecule has 29 heavy (non-hydrogen) atoms. The monoisotopic (exact) mass is 418 g/mol. The van der Waals surface area contributed by atoms with Crippen molar-refractivity contribution in [3.05, 3.63) is 46.1 Å². The van der Waals surface area contributed by atoms with Crippen LogP contribution in [0.3, 0.4) is 0 Å². The Morgan fingerprint density at radius 3 is 2.45 bits per heavy atom. The van der Waals surface area contributed by atoms with Crippen LogP contribution in [0.15, 0.2) is 24.3 Å². The van der Waals surface area contributed by atoms with Crippen LogP contribution in [-0.2, 0) is 9.53 Å².